The molecule has 16 heavy (non-hydrogen) atoms. The first-order valence-electron chi connectivity index (χ1n) is 5.62. The summed E-state index contributed by atoms with van der Waals surface area (Å²) in [5.74, 6) is 2.64. The number of pyridine rings is 1. The molecule has 0 aliphatic rings. The zero-order valence-electron chi connectivity index (χ0n) is 9.98. The highest BCUT2D eigenvalue weighted by molar-refractivity contribution is 5.45. The highest BCUT2D eigenvalue weighted by Gasteiger charge is 2.06. The zero-order valence-corrected chi connectivity index (χ0v) is 9.98. The Morgan fingerprint density at radius 3 is 2.69 bits per heavy atom. The predicted octanol–water partition coefficient (Wildman–Crippen LogP) is 1.95. The second-order valence-electron chi connectivity index (χ2n) is 3.67. The van der Waals surface area contributed by atoms with Crippen molar-refractivity contribution < 1.29 is 0 Å². The van der Waals surface area contributed by atoms with Crippen molar-refractivity contribution in [2.75, 3.05) is 18.0 Å². The second-order valence-corrected chi connectivity index (χ2v) is 3.67. The minimum Gasteiger partial charge on any atom is -0.359 e. The van der Waals surface area contributed by atoms with E-state index in [1.807, 2.05) is 18.3 Å². The van der Waals surface area contributed by atoms with Crippen molar-refractivity contribution in [2.24, 2.45) is 5.73 Å². The number of aromatic nitrogens is 1. The predicted molar refractivity (Wildman–Crippen MR) is 68.2 cm³/mol. The SMILES string of the molecule is C#CCN(CC)c1ccc([C@H](N)CC)nc1. The van der Waals surface area contributed by atoms with E-state index >= 15 is 0 Å². The number of rotatable bonds is 5. The van der Waals surface area contributed by atoms with Gasteiger partial charge in [0.05, 0.1) is 24.1 Å². The van der Waals surface area contributed by atoms with Gasteiger partial charge in [0.25, 0.3) is 0 Å². The summed E-state index contributed by atoms with van der Waals surface area (Å²) in [6.45, 7) is 5.61. The summed E-state index contributed by atoms with van der Waals surface area (Å²) < 4.78 is 0. The van der Waals surface area contributed by atoms with Crippen molar-refractivity contribution in [3.63, 3.8) is 0 Å². The van der Waals surface area contributed by atoms with Gasteiger partial charge in [-0.05, 0) is 25.5 Å². The highest BCUT2D eigenvalue weighted by atomic mass is 15.1. The molecule has 0 bridgehead atoms. The first-order chi connectivity index (χ1) is 7.72. The van der Waals surface area contributed by atoms with Gasteiger partial charge in [-0.15, -0.1) is 6.42 Å². The minimum atomic E-state index is 0.0248. The van der Waals surface area contributed by atoms with Gasteiger partial charge in [-0.3, -0.25) is 4.98 Å². The van der Waals surface area contributed by atoms with E-state index in [4.69, 9.17) is 12.2 Å². The fourth-order valence-corrected chi connectivity index (χ4v) is 1.51. The van der Waals surface area contributed by atoms with Gasteiger partial charge in [0.2, 0.25) is 0 Å². The molecule has 0 amide bonds. The number of anilines is 1. The van der Waals surface area contributed by atoms with Crippen LogP contribution in [0.5, 0.6) is 0 Å². The van der Waals surface area contributed by atoms with Crippen LogP contribution in [0.3, 0.4) is 0 Å². The molecule has 1 aromatic rings. The molecule has 0 radical (unpaired) electrons. The van der Waals surface area contributed by atoms with Crippen LogP contribution in [0.2, 0.25) is 0 Å². The van der Waals surface area contributed by atoms with Gasteiger partial charge in [0.1, 0.15) is 0 Å². The van der Waals surface area contributed by atoms with Gasteiger partial charge >= 0.3 is 0 Å². The van der Waals surface area contributed by atoms with Crippen molar-refractivity contribution in [3.05, 3.63) is 24.0 Å². The molecule has 0 aliphatic heterocycles. The van der Waals surface area contributed by atoms with Gasteiger partial charge in [0, 0.05) is 12.6 Å². The Labute approximate surface area is 97.7 Å². The summed E-state index contributed by atoms with van der Waals surface area (Å²) in [7, 11) is 0. The van der Waals surface area contributed by atoms with Crippen LogP contribution in [0, 0.1) is 12.3 Å². The normalized spacial score (nSPS) is 11.9. The van der Waals surface area contributed by atoms with Crippen molar-refractivity contribution in [1.82, 2.24) is 4.98 Å². The molecule has 0 aliphatic carbocycles. The third-order valence-electron chi connectivity index (χ3n) is 2.62. The van der Waals surface area contributed by atoms with E-state index < -0.39 is 0 Å². The lowest BCUT2D eigenvalue weighted by Crippen LogP contribution is -2.23. The molecular weight excluding hydrogens is 198 g/mol. The van der Waals surface area contributed by atoms with E-state index in [2.05, 4.69) is 29.7 Å². The molecule has 86 valence electrons. The maximum atomic E-state index is 5.90. The topological polar surface area (TPSA) is 42.1 Å². The molecule has 3 heteroatoms. The van der Waals surface area contributed by atoms with Crippen LogP contribution in [-0.4, -0.2) is 18.1 Å². The summed E-state index contributed by atoms with van der Waals surface area (Å²) in [6, 6.07) is 4.03. The summed E-state index contributed by atoms with van der Waals surface area (Å²) in [6.07, 6.45) is 8.05. The smallest absolute Gasteiger partial charge is 0.0792 e. The number of hydrogen-bond acceptors (Lipinski definition) is 3. The highest BCUT2D eigenvalue weighted by Crippen LogP contribution is 2.16. The van der Waals surface area contributed by atoms with Crippen molar-refractivity contribution in [2.45, 2.75) is 26.3 Å². The lowest BCUT2D eigenvalue weighted by Gasteiger charge is -2.20. The number of terminal acetylenes is 1. The molecule has 1 atom stereocenters. The Morgan fingerprint density at radius 2 is 2.25 bits per heavy atom. The van der Waals surface area contributed by atoms with E-state index in [9.17, 15) is 0 Å². The Bertz CT molecular complexity index is 350. The lowest BCUT2D eigenvalue weighted by atomic mass is 10.1. The molecule has 1 rings (SSSR count). The average Bonchev–Trinajstić information content (AvgIpc) is 2.35. The summed E-state index contributed by atoms with van der Waals surface area (Å²) in [5, 5.41) is 0. The first kappa shape index (κ1) is 12.5. The van der Waals surface area contributed by atoms with Crippen molar-refractivity contribution in [1.29, 1.82) is 0 Å². The fraction of sp³-hybridized carbons (Fsp3) is 0.462. The van der Waals surface area contributed by atoms with Crippen LogP contribution < -0.4 is 10.6 Å². The van der Waals surface area contributed by atoms with Crippen molar-refractivity contribution >= 4 is 5.69 Å². The summed E-state index contributed by atoms with van der Waals surface area (Å²) in [4.78, 5) is 6.46. The van der Waals surface area contributed by atoms with E-state index in [-0.39, 0.29) is 6.04 Å². The third-order valence-corrected chi connectivity index (χ3v) is 2.62. The largest absolute Gasteiger partial charge is 0.359 e. The molecule has 3 nitrogen and oxygen atoms in total. The van der Waals surface area contributed by atoms with Gasteiger partial charge < -0.3 is 10.6 Å². The molecule has 1 heterocycles. The van der Waals surface area contributed by atoms with Crippen LogP contribution in [0.15, 0.2) is 18.3 Å². The van der Waals surface area contributed by atoms with E-state index in [0.29, 0.717) is 6.54 Å². The molecule has 0 saturated heterocycles. The molecule has 0 unspecified atom stereocenters. The number of hydrogen-bond donors (Lipinski definition) is 1. The Hall–Kier alpha value is -1.53. The minimum absolute atomic E-state index is 0.0248. The Morgan fingerprint density at radius 1 is 1.50 bits per heavy atom. The standard InChI is InChI=1S/C13H19N3/c1-4-9-16(6-3)11-7-8-13(15-10-11)12(14)5-2/h1,7-8,10,12H,5-6,9,14H2,2-3H3/t12-/m1/s1. The average molecular weight is 217 g/mol. The van der Waals surface area contributed by atoms with E-state index in [0.717, 1.165) is 24.3 Å². The van der Waals surface area contributed by atoms with Gasteiger partial charge in [-0.25, -0.2) is 0 Å². The van der Waals surface area contributed by atoms with Crippen LogP contribution in [0.25, 0.3) is 0 Å². The molecule has 0 fully saturated rings. The maximum absolute atomic E-state index is 5.90. The summed E-state index contributed by atoms with van der Waals surface area (Å²) in [5.41, 5.74) is 7.89. The van der Waals surface area contributed by atoms with Crippen LogP contribution >= 0.6 is 0 Å². The number of nitrogens with two attached hydrogens (primary N) is 1. The monoisotopic (exact) mass is 217 g/mol. The van der Waals surface area contributed by atoms with E-state index in [1.165, 1.54) is 0 Å². The van der Waals surface area contributed by atoms with Crippen LogP contribution in [0.4, 0.5) is 5.69 Å². The first-order valence-corrected chi connectivity index (χ1v) is 5.62. The lowest BCUT2D eigenvalue weighted by molar-refractivity contribution is 0.675. The Balaban J connectivity index is 2.81. The van der Waals surface area contributed by atoms with Gasteiger partial charge in [0.15, 0.2) is 0 Å². The van der Waals surface area contributed by atoms with Crippen LogP contribution in [-0.2, 0) is 0 Å². The molecule has 0 aromatic carbocycles. The molecule has 1 aromatic heterocycles. The van der Waals surface area contributed by atoms with Crippen LogP contribution in [0.1, 0.15) is 32.0 Å². The number of nitrogens with zero attached hydrogens (tertiary/aromatic N) is 2. The van der Waals surface area contributed by atoms with E-state index in [1.54, 1.807) is 0 Å². The van der Waals surface area contributed by atoms with Gasteiger partial charge in [-0.2, -0.15) is 0 Å². The Kier molecular flexibility index (Phi) is 4.81. The maximum Gasteiger partial charge on any atom is 0.0792 e. The molecule has 0 spiro atoms. The zero-order chi connectivity index (χ0) is 12.0. The van der Waals surface area contributed by atoms with Crippen molar-refractivity contribution in [3.8, 4) is 12.3 Å². The quantitative estimate of drug-likeness (QED) is 0.766. The second kappa shape index (κ2) is 6.14. The third kappa shape index (κ3) is 2.98. The molecule has 2 N–H and O–H groups in total. The fourth-order valence-electron chi connectivity index (χ4n) is 1.51. The summed E-state index contributed by atoms with van der Waals surface area (Å²) >= 11 is 0. The van der Waals surface area contributed by atoms with Gasteiger partial charge in [-0.1, -0.05) is 12.8 Å². The molecular formula is C13H19N3. The molecule has 0 saturated carbocycles.